The summed E-state index contributed by atoms with van der Waals surface area (Å²) < 4.78 is 0. The molecule has 0 spiro atoms. The van der Waals surface area contributed by atoms with Gasteiger partial charge in [0, 0.05) is 29.8 Å². The first-order chi connectivity index (χ1) is 9.21. The number of benzene rings is 1. The van der Waals surface area contributed by atoms with E-state index in [1.165, 1.54) is 0 Å². The van der Waals surface area contributed by atoms with Crippen LogP contribution in [0.4, 0.5) is 5.69 Å². The van der Waals surface area contributed by atoms with Crippen molar-refractivity contribution < 1.29 is 9.59 Å². The Morgan fingerprint density at radius 3 is 2.29 bits per heavy atom. The van der Waals surface area contributed by atoms with Gasteiger partial charge >= 0.3 is 0 Å². The Hall–Kier alpha value is -1.75. The molecule has 1 aromatic rings. The van der Waals surface area contributed by atoms with Gasteiger partial charge in [0.25, 0.3) is 5.91 Å². The maximum atomic E-state index is 12.0. The molecule has 0 aromatic heterocycles. The molecule has 0 bridgehead atoms. The van der Waals surface area contributed by atoms with E-state index in [1.54, 1.807) is 12.1 Å². The van der Waals surface area contributed by atoms with Gasteiger partial charge in [-0.15, -0.1) is 12.4 Å². The molecule has 1 aromatic carbocycles. The molecule has 21 heavy (non-hydrogen) atoms. The van der Waals surface area contributed by atoms with Gasteiger partial charge in [-0.3, -0.25) is 9.59 Å². The van der Waals surface area contributed by atoms with Crippen molar-refractivity contribution in [3.63, 3.8) is 0 Å². The molecule has 0 saturated carbocycles. The average Bonchev–Trinajstić information content (AvgIpc) is 2.35. The third-order valence-corrected chi connectivity index (χ3v) is 2.88. The van der Waals surface area contributed by atoms with Crippen LogP contribution in [-0.4, -0.2) is 24.9 Å². The molecule has 0 saturated heterocycles. The molecular weight excluding hydrogens is 290 g/mol. The molecule has 2 amide bonds. The van der Waals surface area contributed by atoms with Crippen molar-refractivity contribution in [1.82, 2.24) is 10.6 Å². The quantitative estimate of drug-likeness (QED) is 0.586. The van der Waals surface area contributed by atoms with E-state index < -0.39 is 5.41 Å². The number of hydrogen-bond donors (Lipinski definition) is 3. The number of nitrogens with one attached hydrogen (secondary N) is 2. The van der Waals surface area contributed by atoms with Crippen LogP contribution >= 0.6 is 12.4 Å². The van der Waals surface area contributed by atoms with Crippen LogP contribution < -0.4 is 16.4 Å². The van der Waals surface area contributed by atoms with Crippen molar-refractivity contribution in [2.75, 3.05) is 18.8 Å². The highest BCUT2D eigenvalue weighted by Crippen LogP contribution is 2.13. The Morgan fingerprint density at radius 1 is 1.14 bits per heavy atom. The Balaban J connectivity index is 0.00000400. The minimum Gasteiger partial charge on any atom is -0.399 e. The molecule has 0 heterocycles. The van der Waals surface area contributed by atoms with E-state index in [9.17, 15) is 9.59 Å². The van der Waals surface area contributed by atoms with Crippen molar-refractivity contribution in [3.8, 4) is 0 Å². The molecule has 0 aliphatic rings. The second kappa shape index (κ2) is 7.88. The fraction of sp³-hybridized carbons (Fsp3) is 0.467. The van der Waals surface area contributed by atoms with Gasteiger partial charge in [-0.25, -0.2) is 0 Å². The summed E-state index contributed by atoms with van der Waals surface area (Å²) in [5, 5.41) is 5.54. The monoisotopic (exact) mass is 313 g/mol. The zero-order valence-corrected chi connectivity index (χ0v) is 13.8. The summed E-state index contributed by atoms with van der Waals surface area (Å²) in [6.07, 6.45) is 0. The standard InChI is InChI=1S/C15H23N3O2.ClH/c1-10-5-6-11(16)9-12(10)13(19)17-7-8-18-14(20)15(2,3)4;/h5-6,9H,7-8,16H2,1-4H3,(H,17,19)(H,18,20);1H. The lowest BCUT2D eigenvalue weighted by atomic mass is 9.96. The number of aryl methyl sites for hydroxylation is 1. The number of carbonyl (C=O) groups is 2. The molecule has 118 valence electrons. The lowest BCUT2D eigenvalue weighted by Gasteiger charge is -2.17. The molecule has 1 rings (SSSR count). The molecule has 6 heteroatoms. The SMILES string of the molecule is Cc1ccc(N)cc1C(=O)NCCNC(=O)C(C)(C)C.Cl. The summed E-state index contributed by atoms with van der Waals surface area (Å²) in [7, 11) is 0. The number of anilines is 1. The first-order valence-electron chi connectivity index (χ1n) is 6.64. The van der Waals surface area contributed by atoms with Crippen LogP contribution in [0, 0.1) is 12.3 Å². The van der Waals surface area contributed by atoms with Crippen LogP contribution in [0.25, 0.3) is 0 Å². The second-order valence-electron chi connectivity index (χ2n) is 5.84. The average molecular weight is 314 g/mol. The van der Waals surface area contributed by atoms with E-state index in [4.69, 9.17) is 5.73 Å². The molecule has 0 unspecified atom stereocenters. The second-order valence-corrected chi connectivity index (χ2v) is 5.84. The topological polar surface area (TPSA) is 84.2 Å². The summed E-state index contributed by atoms with van der Waals surface area (Å²) in [6, 6.07) is 5.22. The summed E-state index contributed by atoms with van der Waals surface area (Å²) >= 11 is 0. The number of carbonyl (C=O) groups excluding carboxylic acids is 2. The lowest BCUT2D eigenvalue weighted by molar-refractivity contribution is -0.128. The van der Waals surface area contributed by atoms with E-state index in [0.29, 0.717) is 24.3 Å². The number of rotatable bonds is 4. The molecule has 0 aliphatic carbocycles. The van der Waals surface area contributed by atoms with E-state index in [0.717, 1.165) is 5.56 Å². The van der Waals surface area contributed by atoms with Gasteiger partial charge in [0.15, 0.2) is 0 Å². The number of amides is 2. The molecular formula is C15H24ClN3O2. The fourth-order valence-electron chi connectivity index (χ4n) is 1.60. The number of halogens is 1. The zero-order chi connectivity index (χ0) is 15.3. The Bertz CT molecular complexity index is 510. The predicted octanol–water partition coefficient (Wildman–Crippen LogP) is 1.89. The largest absolute Gasteiger partial charge is 0.399 e. The third-order valence-electron chi connectivity index (χ3n) is 2.88. The predicted molar refractivity (Wildman–Crippen MR) is 87.6 cm³/mol. The van der Waals surface area contributed by atoms with Crippen molar-refractivity contribution in [3.05, 3.63) is 29.3 Å². The van der Waals surface area contributed by atoms with Gasteiger partial charge in [-0.2, -0.15) is 0 Å². The van der Waals surface area contributed by atoms with Crippen molar-refractivity contribution in [2.45, 2.75) is 27.7 Å². The van der Waals surface area contributed by atoms with Gasteiger partial charge in [0.1, 0.15) is 0 Å². The van der Waals surface area contributed by atoms with E-state index >= 15 is 0 Å². The summed E-state index contributed by atoms with van der Waals surface area (Å²) in [5.74, 6) is -0.216. The van der Waals surface area contributed by atoms with Crippen LogP contribution in [0.1, 0.15) is 36.7 Å². The highest BCUT2D eigenvalue weighted by Gasteiger charge is 2.20. The molecule has 0 fully saturated rings. The van der Waals surface area contributed by atoms with Crippen LogP contribution in [0.3, 0.4) is 0 Å². The van der Waals surface area contributed by atoms with Crippen molar-refractivity contribution >= 4 is 29.9 Å². The van der Waals surface area contributed by atoms with Gasteiger partial charge < -0.3 is 16.4 Å². The van der Waals surface area contributed by atoms with Crippen LogP contribution in [0.15, 0.2) is 18.2 Å². The van der Waals surface area contributed by atoms with Crippen LogP contribution in [0.5, 0.6) is 0 Å². The Kier molecular flexibility index (Phi) is 7.22. The molecule has 0 aliphatic heterocycles. The Labute approximate surface area is 132 Å². The Morgan fingerprint density at radius 2 is 1.71 bits per heavy atom. The van der Waals surface area contributed by atoms with Gasteiger partial charge in [-0.1, -0.05) is 26.8 Å². The maximum Gasteiger partial charge on any atom is 0.251 e. The van der Waals surface area contributed by atoms with Crippen molar-refractivity contribution in [1.29, 1.82) is 0 Å². The van der Waals surface area contributed by atoms with Crippen LogP contribution in [-0.2, 0) is 4.79 Å². The smallest absolute Gasteiger partial charge is 0.251 e. The van der Waals surface area contributed by atoms with E-state index in [1.807, 2.05) is 33.8 Å². The minimum atomic E-state index is -0.422. The third kappa shape index (κ3) is 6.04. The van der Waals surface area contributed by atoms with Gasteiger partial charge in [0.2, 0.25) is 5.91 Å². The lowest BCUT2D eigenvalue weighted by Crippen LogP contribution is -2.40. The fourth-order valence-corrected chi connectivity index (χ4v) is 1.60. The molecule has 5 nitrogen and oxygen atoms in total. The minimum absolute atomic E-state index is 0. The summed E-state index contributed by atoms with van der Waals surface area (Å²) in [5.41, 5.74) is 7.24. The van der Waals surface area contributed by atoms with E-state index in [2.05, 4.69) is 10.6 Å². The summed E-state index contributed by atoms with van der Waals surface area (Å²) in [6.45, 7) is 8.18. The van der Waals surface area contributed by atoms with Crippen molar-refractivity contribution in [2.24, 2.45) is 5.41 Å². The van der Waals surface area contributed by atoms with Gasteiger partial charge in [-0.05, 0) is 24.6 Å². The number of hydrogen-bond acceptors (Lipinski definition) is 3. The molecule has 0 radical (unpaired) electrons. The first kappa shape index (κ1) is 19.2. The highest BCUT2D eigenvalue weighted by molar-refractivity contribution is 5.96. The molecule has 4 N–H and O–H groups in total. The maximum absolute atomic E-state index is 12.0. The first-order valence-corrected chi connectivity index (χ1v) is 6.64. The highest BCUT2D eigenvalue weighted by atomic mass is 35.5. The van der Waals surface area contributed by atoms with Crippen LogP contribution in [0.2, 0.25) is 0 Å². The summed E-state index contributed by atoms with van der Waals surface area (Å²) in [4.78, 5) is 23.6. The number of nitrogens with two attached hydrogens (primary N) is 1. The van der Waals surface area contributed by atoms with Gasteiger partial charge in [0.05, 0.1) is 0 Å². The van der Waals surface area contributed by atoms with E-state index in [-0.39, 0.29) is 24.2 Å². The zero-order valence-electron chi connectivity index (χ0n) is 12.9. The number of nitrogen functional groups attached to an aromatic ring is 1. The normalized spacial score (nSPS) is 10.5. The molecule has 0 atom stereocenters.